The molecule has 1 N–H and O–H groups in total. The summed E-state index contributed by atoms with van der Waals surface area (Å²) < 4.78 is 15.7. The van der Waals surface area contributed by atoms with Crippen LogP contribution >= 0.6 is 0 Å². The second-order valence-corrected chi connectivity index (χ2v) is 3.91. The van der Waals surface area contributed by atoms with Gasteiger partial charge >= 0.3 is 0 Å². The Morgan fingerprint density at radius 1 is 1.00 bits per heavy atom. The van der Waals surface area contributed by atoms with E-state index in [0.29, 0.717) is 17.9 Å². The van der Waals surface area contributed by atoms with Crippen LogP contribution in [0.4, 0.5) is 0 Å². The Hall–Kier alpha value is -1.42. The van der Waals surface area contributed by atoms with Crippen LogP contribution in [0.5, 0.6) is 17.2 Å². The number of ether oxygens (including phenoxy) is 3. The van der Waals surface area contributed by atoms with Gasteiger partial charge in [0.1, 0.15) is 5.75 Å². The van der Waals surface area contributed by atoms with Crippen molar-refractivity contribution in [2.75, 3.05) is 21.3 Å². The summed E-state index contributed by atoms with van der Waals surface area (Å²) in [6.45, 7) is 1.77. The summed E-state index contributed by atoms with van der Waals surface area (Å²) in [5.74, 6) is 2.07. The highest BCUT2D eigenvalue weighted by molar-refractivity contribution is 5.50. The van der Waals surface area contributed by atoms with E-state index in [0.717, 1.165) is 17.7 Å². The van der Waals surface area contributed by atoms with Gasteiger partial charge in [-0.3, -0.25) is 0 Å². The number of hydrogen-bond donors (Lipinski definition) is 1. The van der Waals surface area contributed by atoms with Gasteiger partial charge in [-0.2, -0.15) is 0 Å². The first-order chi connectivity index (χ1) is 8.12. The molecule has 0 aliphatic rings. The van der Waals surface area contributed by atoms with Crippen LogP contribution in [0.15, 0.2) is 12.1 Å². The van der Waals surface area contributed by atoms with Crippen molar-refractivity contribution in [1.82, 2.24) is 0 Å². The molecular formula is C13H20O4. The number of benzene rings is 1. The standard InChI is InChI=1S/C13H20O4/c1-9(14)5-6-10-7-12(16-3)13(17-4)8-11(10)15-2/h7-9,14H,5-6H2,1-4H3. The van der Waals surface area contributed by atoms with E-state index in [1.165, 1.54) is 0 Å². The largest absolute Gasteiger partial charge is 0.496 e. The Labute approximate surface area is 102 Å². The van der Waals surface area contributed by atoms with Gasteiger partial charge in [-0.25, -0.2) is 0 Å². The van der Waals surface area contributed by atoms with Gasteiger partial charge in [0, 0.05) is 6.07 Å². The third-order valence-corrected chi connectivity index (χ3v) is 2.62. The quantitative estimate of drug-likeness (QED) is 0.826. The summed E-state index contributed by atoms with van der Waals surface area (Å²) in [5.41, 5.74) is 1.01. The zero-order valence-corrected chi connectivity index (χ0v) is 10.8. The van der Waals surface area contributed by atoms with Crippen molar-refractivity contribution < 1.29 is 19.3 Å². The van der Waals surface area contributed by atoms with Crippen molar-refractivity contribution in [2.45, 2.75) is 25.9 Å². The first-order valence-corrected chi connectivity index (χ1v) is 5.59. The second-order valence-electron chi connectivity index (χ2n) is 3.91. The molecule has 0 spiro atoms. The maximum atomic E-state index is 9.31. The van der Waals surface area contributed by atoms with E-state index in [4.69, 9.17) is 14.2 Å². The van der Waals surface area contributed by atoms with Crippen molar-refractivity contribution in [3.8, 4) is 17.2 Å². The maximum absolute atomic E-state index is 9.31. The lowest BCUT2D eigenvalue weighted by Crippen LogP contribution is -2.03. The van der Waals surface area contributed by atoms with Crippen LogP contribution in [0.1, 0.15) is 18.9 Å². The Balaban J connectivity index is 3.01. The summed E-state index contributed by atoms with van der Waals surface area (Å²) in [6, 6.07) is 3.69. The molecule has 0 saturated heterocycles. The number of aliphatic hydroxyl groups is 1. The maximum Gasteiger partial charge on any atom is 0.164 e. The van der Waals surface area contributed by atoms with Gasteiger partial charge < -0.3 is 19.3 Å². The van der Waals surface area contributed by atoms with Crippen molar-refractivity contribution in [1.29, 1.82) is 0 Å². The van der Waals surface area contributed by atoms with Crippen LogP contribution in [0.3, 0.4) is 0 Å². The van der Waals surface area contributed by atoms with E-state index in [2.05, 4.69) is 0 Å². The number of aliphatic hydroxyl groups excluding tert-OH is 1. The molecule has 0 heterocycles. The molecule has 0 radical (unpaired) electrons. The second kappa shape index (κ2) is 6.35. The SMILES string of the molecule is COc1cc(OC)c(OC)cc1CCC(C)O. The smallest absolute Gasteiger partial charge is 0.164 e. The van der Waals surface area contributed by atoms with Crippen LogP contribution in [-0.4, -0.2) is 32.5 Å². The molecule has 1 atom stereocenters. The highest BCUT2D eigenvalue weighted by atomic mass is 16.5. The van der Waals surface area contributed by atoms with Gasteiger partial charge in [-0.15, -0.1) is 0 Å². The van der Waals surface area contributed by atoms with E-state index in [9.17, 15) is 5.11 Å². The van der Waals surface area contributed by atoms with Crippen LogP contribution in [0, 0.1) is 0 Å². The molecule has 0 bridgehead atoms. The van der Waals surface area contributed by atoms with Crippen molar-refractivity contribution in [3.63, 3.8) is 0 Å². The van der Waals surface area contributed by atoms with E-state index < -0.39 is 0 Å². The molecule has 17 heavy (non-hydrogen) atoms. The molecule has 1 rings (SSSR count). The summed E-state index contributed by atoms with van der Waals surface area (Å²) in [6.07, 6.45) is 1.10. The average molecular weight is 240 g/mol. The summed E-state index contributed by atoms with van der Waals surface area (Å²) in [5, 5.41) is 9.31. The fraction of sp³-hybridized carbons (Fsp3) is 0.538. The number of rotatable bonds is 6. The summed E-state index contributed by atoms with van der Waals surface area (Å²) in [7, 11) is 4.81. The molecule has 0 aliphatic carbocycles. The Kier molecular flexibility index (Phi) is 5.10. The molecule has 1 unspecified atom stereocenters. The predicted molar refractivity (Wildman–Crippen MR) is 66.1 cm³/mol. The van der Waals surface area contributed by atoms with E-state index in [1.807, 2.05) is 6.07 Å². The minimum absolute atomic E-state index is 0.326. The molecule has 0 fully saturated rings. The minimum Gasteiger partial charge on any atom is -0.496 e. The van der Waals surface area contributed by atoms with Crippen molar-refractivity contribution in [3.05, 3.63) is 17.7 Å². The third-order valence-electron chi connectivity index (χ3n) is 2.62. The molecule has 0 saturated carbocycles. The van der Waals surface area contributed by atoms with Gasteiger partial charge in [-0.1, -0.05) is 0 Å². The Morgan fingerprint density at radius 3 is 2.00 bits per heavy atom. The number of hydrogen-bond acceptors (Lipinski definition) is 4. The highest BCUT2D eigenvalue weighted by Gasteiger charge is 2.12. The van der Waals surface area contributed by atoms with E-state index >= 15 is 0 Å². The fourth-order valence-corrected chi connectivity index (χ4v) is 1.65. The number of methoxy groups -OCH3 is 3. The number of aryl methyl sites for hydroxylation is 1. The molecule has 1 aromatic carbocycles. The first kappa shape index (κ1) is 13.6. The molecule has 1 aromatic rings. The molecule has 0 aliphatic heterocycles. The lowest BCUT2D eigenvalue weighted by Gasteiger charge is -2.14. The van der Waals surface area contributed by atoms with Gasteiger partial charge in [0.05, 0.1) is 27.4 Å². The van der Waals surface area contributed by atoms with Gasteiger partial charge in [0.2, 0.25) is 0 Å². The molecule has 96 valence electrons. The van der Waals surface area contributed by atoms with Crippen LogP contribution in [0.2, 0.25) is 0 Å². The topological polar surface area (TPSA) is 47.9 Å². The van der Waals surface area contributed by atoms with E-state index in [-0.39, 0.29) is 6.10 Å². The lowest BCUT2D eigenvalue weighted by atomic mass is 10.1. The summed E-state index contributed by atoms with van der Waals surface area (Å²) in [4.78, 5) is 0. The van der Waals surface area contributed by atoms with Gasteiger partial charge in [0.15, 0.2) is 11.5 Å². The Bertz CT molecular complexity index is 361. The molecular weight excluding hydrogens is 220 g/mol. The molecule has 0 amide bonds. The van der Waals surface area contributed by atoms with Crippen molar-refractivity contribution in [2.24, 2.45) is 0 Å². The predicted octanol–water partition coefficient (Wildman–Crippen LogP) is 2.03. The zero-order valence-electron chi connectivity index (χ0n) is 10.8. The average Bonchev–Trinajstić information content (AvgIpc) is 2.34. The highest BCUT2D eigenvalue weighted by Crippen LogP contribution is 2.35. The molecule has 0 aromatic heterocycles. The van der Waals surface area contributed by atoms with Crippen molar-refractivity contribution >= 4 is 0 Å². The third kappa shape index (κ3) is 3.53. The minimum atomic E-state index is -0.326. The van der Waals surface area contributed by atoms with Gasteiger partial charge in [-0.05, 0) is 31.4 Å². The van der Waals surface area contributed by atoms with Crippen LogP contribution < -0.4 is 14.2 Å². The molecule has 4 heteroatoms. The summed E-state index contributed by atoms with van der Waals surface area (Å²) >= 11 is 0. The normalized spacial score (nSPS) is 12.1. The first-order valence-electron chi connectivity index (χ1n) is 5.59. The van der Waals surface area contributed by atoms with Crippen LogP contribution in [0.25, 0.3) is 0 Å². The Morgan fingerprint density at radius 2 is 1.53 bits per heavy atom. The van der Waals surface area contributed by atoms with E-state index in [1.54, 1.807) is 34.3 Å². The monoisotopic (exact) mass is 240 g/mol. The fourth-order valence-electron chi connectivity index (χ4n) is 1.65. The zero-order chi connectivity index (χ0) is 12.8. The lowest BCUT2D eigenvalue weighted by molar-refractivity contribution is 0.184. The van der Waals surface area contributed by atoms with Gasteiger partial charge in [0.25, 0.3) is 0 Å². The molecule has 4 nitrogen and oxygen atoms in total. The van der Waals surface area contributed by atoms with Crippen LogP contribution in [-0.2, 0) is 6.42 Å².